The van der Waals surface area contributed by atoms with Crippen LogP contribution in [0, 0.1) is 5.82 Å². The van der Waals surface area contributed by atoms with E-state index >= 15 is 0 Å². The highest BCUT2D eigenvalue weighted by Gasteiger charge is 2.30. The van der Waals surface area contributed by atoms with Gasteiger partial charge in [0, 0.05) is 11.1 Å². The highest BCUT2D eigenvalue weighted by atomic mass is 19.1. The average Bonchev–Trinajstić information content (AvgIpc) is 2.80. The van der Waals surface area contributed by atoms with Crippen LogP contribution in [0.15, 0.2) is 35.9 Å². The lowest BCUT2D eigenvalue weighted by atomic mass is 10.0. The smallest absolute Gasteiger partial charge is 0.268 e. The largest absolute Gasteiger partial charge is 0.270 e. The molecule has 0 aromatic heterocycles. The summed E-state index contributed by atoms with van der Waals surface area (Å²) in [5, 5.41) is 1.36. The molecule has 0 spiro atoms. The second-order valence-electron chi connectivity index (χ2n) is 7.09. The molecule has 0 unspecified atom stereocenters. The number of hydrogen-bond donors (Lipinski definition) is 1. The minimum Gasteiger partial charge on any atom is -0.268 e. The number of benzene rings is 1. The third-order valence-electron chi connectivity index (χ3n) is 3.99. The van der Waals surface area contributed by atoms with E-state index in [9.17, 15) is 14.0 Å². The number of carbonyl (C=O) groups is 2. The molecule has 4 nitrogen and oxygen atoms in total. The summed E-state index contributed by atoms with van der Waals surface area (Å²) in [6.45, 7) is 5.57. The maximum absolute atomic E-state index is 13.3. The fourth-order valence-electron chi connectivity index (χ4n) is 2.67. The minimum atomic E-state index is -0.590. The number of allylic oxidation sites excluding steroid dienone is 1. The van der Waals surface area contributed by atoms with Gasteiger partial charge in [0.05, 0.1) is 5.54 Å². The third-order valence-corrected chi connectivity index (χ3v) is 3.99. The number of nitrogens with zero attached hydrogens (tertiary/aromatic N) is 1. The first-order valence-corrected chi connectivity index (χ1v) is 8.39. The molecule has 1 N–H and O–H groups in total. The average molecular weight is 332 g/mol. The van der Waals surface area contributed by atoms with Crippen molar-refractivity contribution in [2.45, 2.75) is 58.4 Å². The van der Waals surface area contributed by atoms with Gasteiger partial charge in [0.15, 0.2) is 0 Å². The molecule has 0 fully saturated rings. The van der Waals surface area contributed by atoms with Gasteiger partial charge in [-0.15, -0.1) is 0 Å². The van der Waals surface area contributed by atoms with Gasteiger partial charge in [0.2, 0.25) is 0 Å². The van der Waals surface area contributed by atoms with E-state index in [1.807, 2.05) is 26.8 Å². The van der Waals surface area contributed by atoms with E-state index in [-0.39, 0.29) is 11.5 Å². The van der Waals surface area contributed by atoms with E-state index in [1.54, 1.807) is 0 Å². The Morgan fingerprint density at radius 1 is 1.17 bits per heavy atom. The van der Waals surface area contributed by atoms with Crippen LogP contribution < -0.4 is 5.43 Å². The van der Waals surface area contributed by atoms with Crippen LogP contribution in [0.2, 0.25) is 0 Å². The lowest BCUT2D eigenvalue weighted by Crippen LogP contribution is -2.56. The molecule has 2 rings (SSSR count). The molecule has 5 heteroatoms. The Bertz CT molecular complexity index is 647. The lowest BCUT2D eigenvalue weighted by molar-refractivity contribution is -0.135. The van der Waals surface area contributed by atoms with Crippen molar-refractivity contribution in [2.24, 2.45) is 0 Å². The van der Waals surface area contributed by atoms with Crippen LogP contribution in [0.4, 0.5) is 4.39 Å². The Balaban J connectivity index is 2.21. The summed E-state index contributed by atoms with van der Waals surface area (Å²) in [5.74, 6) is -1.16. The first kappa shape index (κ1) is 18.2. The van der Waals surface area contributed by atoms with Crippen LogP contribution in [0.1, 0.15) is 63.2 Å². The number of halogens is 1. The topological polar surface area (TPSA) is 49.4 Å². The summed E-state index contributed by atoms with van der Waals surface area (Å²) in [6.07, 6.45) is 6.76. The van der Waals surface area contributed by atoms with Crippen LogP contribution in [0.5, 0.6) is 0 Å². The maximum atomic E-state index is 13.3. The molecule has 0 aliphatic heterocycles. The van der Waals surface area contributed by atoms with Crippen molar-refractivity contribution in [3.63, 3.8) is 0 Å². The zero-order valence-electron chi connectivity index (χ0n) is 14.6. The van der Waals surface area contributed by atoms with Crippen LogP contribution in [-0.4, -0.2) is 22.4 Å². The molecule has 0 saturated carbocycles. The summed E-state index contributed by atoms with van der Waals surface area (Å²) in [4.78, 5) is 25.3. The number of hydrazine groups is 1. The molecule has 0 heterocycles. The van der Waals surface area contributed by atoms with Crippen LogP contribution in [0.3, 0.4) is 0 Å². The lowest BCUT2D eigenvalue weighted by Gasteiger charge is -2.36. The van der Waals surface area contributed by atoms with Crippen molar-refractivity contribution < 1.29 is 14.0 Å². The molecule has 1 aliphatic carbocycles. The third kappa shape index (κ3) is 4.66. The molecule has 0 radical (unpaired) electrons. The van der Waals surface area contributed by atoms with Crippen molar-refractivity contribution in [1.82, 2.24) is 10.4 Å². The molecule has 24 heavy (non-hydrogen) atoms. The van der Waals surface area contributed by atoms with E-state index < -0.39 is 17.3 Å². The van der Waals surface area contributed by atoms with Gasteiger partial charge in [0.25, 0.3) is 11.8 Å². The first-order valence-electron chi connectivity index (χ1n) is 8.39. The molecule has 0 bridgehead atoms. The van der Waals surface area contributed by atoms with Gasteiger partial charge in [-0.25, -0.2) is 9.40 Å². The SMILES string of the molecule is CC(C)(C)N(NC(=O)c1cccc(F)c1)C(=O)C1=CCCCCC1. The van der Waals surface area contributed by atoms with Crippen molar-refractivity contribution in [1.29, 1.82) is 0 Å². The fraction of sp³-hybridized carbons (Fsp3) is 0.474. The normalized spacial score (nSPS) is 15.2. The minimum absolute atomic E-state index is 0.186. The predicted octanol–water partition coefficient (Wildman–Crippen LogP) is 3.99. The second kappa shape index (κ2) is 7.60. The number of nitrogens with one attached hydrogen (secondary N) is 1. The predicted molar refractivity (Wildman–Crippen MR) is 91.6 cm³/mol. The molecular formula is C19H25FN2O2. The molecule has 0 atom stereocenters. The number of rotatable bonds is 2. The zero-order chi connectivity index (χ0) is 17.7. The quantitative estimate of drug-likeness (QED) is 0.833. The molecule has 1 aromatic rings. The summed E-state index contributed by atoms with van der Waals surface area (Å²) in [7, 11) is 0. The Morgan fingerprint density at radius 2 is 1.92 bits per heavy atom. The Hall–Kier alpha value is -2.17. The van der Waals surface area contributed by atoms with Gasteiger partial charge in [-0.1, -0.05) is 18.6 Å². The standard InChI is InChI=1S/C19H25FN2O2/c1-19(2,3)22(18(24)14-9-6-4-5-7-10-14)21-17(23)15-11-8-12-16(20)13-15/h8-9,11-13H,4-7,10H2,1-3H3,(H,21,23). The molecule has 2 amide bonds. The van der Waals surface area contributed by atoms with Crippen molar-refractivity contribution in [2.75, 3.05) is 0 Å². The van der Waals surface area contributed by atoms with Gasteiger partial charge in [-0.3, -0.25) is 15.0 Å². The van der Waals surface area contributed by atoms with Crippen molar-refractivity contribution in [3.05, 3.63) is 47.3 Å². The molecule has 0 saturated heterocycles. The van der Waals surface area contributed by atoms with E-state index in [0.29, 0.717) is 0 Å². The van der Waals surface area contributed by atoms with Gasteiger partial charge in [-0.2, -0.15) is 0 Å². The van der Waals surface area contributed by atoms with Gasteiger partial charge < -0.3 is 0 Å². The summed E-state index contributed by atoms with van der Waals surface area (Å²) in [6, 6.07) is 5.43. The summed E-state index contributed by atoms with van der Waals surface area (Å²) >= 11 is 0. The van der Waals surface area contributed by atoms with Gasteiger partial charge in [0.1, 0.15) is 5.82 Å². The highest BCUT2D eigenvalue weighted by Crippen LogP contribution is 2.22. The van der Waals surface area contributed by atoms with E-state index in [4.69, 9.17) is 0 Å². The Labute approximate surface area is 142 Å². The molecular weight excluding hydrogens is 307 g/mol. The van der Waals surface area contributed by atoms with E-state index in [2.05, 4.69) is 5.43 Å². The maximum Gasteiger partial charge on any atom is 0.270 e. The van der Waals surface area contributed by atoms with E-state index in [1.165, 1.54) is 23.2 Å². The van der Waals surface area contributed by atoms with Crippen LogP contribution in [-0.2, 0) is 4.79 Å². The van der Waals surface area contributed by atoms with Crippen molar-refractivity contribution in [3.8, 4) is 0 Å². The first-order chi connectivity index (χ1) is 11.3. The van der Waals surface area contributed by atoms with Crippen molar-refractivity contribution >= 4 is 11.8 Å². The fourth-order valence-corrected chi connectivity index (χ4v) is 2.67. The second-order valence-corrected chi connectivity index (χ2v) is 7.09. The number of amides is 2. The molecule has 1 aliphatic rings. The Morgan fingerprint density at radius 3 is 2.58 bits per heavy atom. The molecule has 130 valence electrons. The summed E-state index contributed by atoms with van der Waals surface area (Å²) < 4.78 is 13.3. The summed E-state index contributed by atoms with van der Waals surface area (Å²) in [5.41, 5.74) is 2.99. The van der Waals surface area contributed by atoms with Crippen LogP contribution in [0.25, 0.3) is 0 Å². The van der Waals surface area contributed by atoms with E-state index in [0.717, 1.165) is 43.7 Å². The monoisotopic (exact) mass is 332 g/mol. The Kier molecular flexibility index (Phi) is 5.75. The van der Waals surface area contributed by atoms with Crippen LogP contribution >= 0.6 is 0 Å². The van der Waals surface area contributed by atoms with Gasteiger partial charge in [-0.05, 0) is 64.7 Å². The zero-order valence-corrected chi connectivity index (χ0v) is 14.6. The molecule has 1 aromatic carbocycles. The number of carbonyl (C=O) groups excluding carboxylic acids is 2. The number of hydrogen-bond acceptors (Lipinski definition) is 2. The van der Waals surface area contributed by atoms with Gasteiger partial charge >= 0.3 is 0 Å². The highest BCUT2D eigenvalue weighted by molar-refractivity contribution is 5.99.